The fraction of sp³-hybridized carbons (Fsp3) is 0.727. The number of carbonyl (C=O) groups excluding carboxylic acids is 1. The number of terminal acetylenes is 1. The molecule has 1 fully saturated rings. The Hall–Kier alpha value is -1.01. The van der Waals surface area contributed by atoms with E-state index in [4.69, 9.17) is 6.42 Å². The Labute approximate surface area is 85.9 Å². The number of rotatable bonds is 5. The van der Waals surface area contributed by atoms with E-state index in [2.05, 4.69) is 11.2 Å². The van der Waals surface area contributed by atoms with Crippen LogP contribution in [0.2, 0.25) is 0 Å². The van der Waals surface area contributed by atoms with E-state index in [1.54, 1.807) is 0 Å². The molecule has 0 spiro atoms. The first kappa shape index (κ1) is 11.1. The van der Waals surface area contributed by atoms with Gasteiger partial charge in [-0.05, 0) is 19.8 Å². The summed E-state index contributed by atoms with van der Waals surface area (Å²) in [6.45, 7) is 2.39. The monoisotopic (exact) mass is 194 g/mol. The van der Waals surface area contributed by atoms with Crippen LogP contribution in [0.4, 0.5) is 0 Å². The van der Waals surface area contributed by atoms with Gasteiger partial charge in [0.1, 0.15) is 0 Å². The molecule has 0 heterocycles. The van der Waals surface area contributed by atoms with Gasteiger partial charge in [-0.3, -0.25) is 4.79 Å². The summed E-state index contributed by atoms with van der Waals surface area (Å²) in [6, 6.07) is 0.712. The summed E-state index contributed by atoms with van der Waals surface area (Å²) in [7, 11) is 1.87. The molecule has 1 rings (SSSR count). The minimum Gasteiger partial charge on any atom is -0.342 e. The Kier molecular flexibility index (Phi) is 3.97. The van der Waals surface area contributed by atoms with Gasteiger partial charge >= 0.3 is 0 Å². The molecule has 1 aliphatic carbocycles. The van der Waals surface area contributed by atoms with Crippen molar-refractivity contribution in [2.24, 2.45) is 0 Å². The van der Waals surface area contributed by atoms with Crippen molar-refractivity contribution < 1.29 is 4.79 Å². The highest BCUT2D eigenvalue weighted by Crippen LogP contribution is 2.25. The van der Waals surface area contributed by atoms with Crippen LogP contribution in [0.5, 0.6) is 0 Å². The topological polar surface area (TPSA) is 32.3 Å². The summed E-state index contributed by atoms with van der Waals surface area (Å²) in [4.78, 5) is 13.4. The van der Waals surface area contributed by atoms with Crippen molar-refractivity contribution in [3.8, 4) is 12.3 Å². The zero-order valence-electron chi connectivity index (χ0n) is 8.92. The second-order valence-electron chi connectivity index (χ2n) is 3.93. The normalized spacial score (nSPS) is 17.2. The average molecular weight is 194 g/mol. The van der Waals surface area contributed by atoms with Gasteiger partial charge in [0.25, 0.3) is 0 Å². The van der Waals surface area contributed by atoms with Crippen LogP contribution in [0.3, 0.4) is 0 Å². The molecule has 3 nitrogen and oxygen atoms in total. The third kappa shape index (κ3) is 3.39. The van der Waals surface area contributed by atoms with Gasteiger partial charge in [0.15, 0.2) is 0 Å². The van der Waals surface area contributed by atoms with E-state index in [0.29, 0.717) is 19.0 Å². The summed E-state index contributed by atoms with van der Waals surface area (Å²) in [6.07, 6.45) is 8.15. The fourth-order valence-electron chi connectivity index (χ4n) is 1.30. The number of amides is 1. The Balaban J connectivity index is 2.17. The van der Waals surface area contributed by atoms with Crippen molar-refractivity contribution in [2.75, 3.05) is 13.6 Å². The zero-order chi connectivity index (χ0) is 10.6. The van der Waals surface area contributed by atoms with Gasteiger partial charge in [-0.15, -0.1) is 12.3 Å². The third-order valence-corrected chi connectivity index (χ3v) is 2.51. The molecule has 1 atom stereocenters. The second-order valence-corrected chi connectivity index (χ2v) is 3.93. The first-order chi connectivity index (χ1) is 6.65. The molecule has 0 aromatic rings. The lowest BCUT2D eigenvalue weighted by molar-refractivity contribution is -0.129. The summed E-state index contributed by atoms with van der Waals surface area (Å²) < 4.78 is 0. The zero-order valence-corrected chi connectivity index (χ0v) is 8.92. The number of nitrogens with one attached hydrogen (secondary N) is 1. The summed E-state index contributed by atoms with van der Waals surface area (Å²) in [5, 5.41) is 3.11. The molecule has 1 saturated carbocycles. The van der Waals surface area contributed by atoms with Crippen LogP contribution in [0.15, 0.2) is 0 Å². The van der Waals surface area contributed by atoms with Gasteiger partial charge < -0.3 is 10.2 Å². The van der Waals surface area contributed by atoms with Crippen LogP contribution >= 0.6 is 0 Å². The average Bonchev–Trinajstić information content (AvgIpc) is 2.96. The highest BCUT2D eigenvalue weighted by atomic mass is 16.2. The fourth-order valence-corrected chi connectivity index (χ4v) is 1.30. The van der Waals surface area contributed by atoms with E-state index >= 15 is 0 Å². The van der Waals surface area contributed by atoms with Gasteiger partial charge in [0.2, 0.25) is 5.91 Å². The van der Waals surface area contributed by atoms with Crippen molar-refractivity contribution in [3.05, 3.63) is 0 Å². The Morgan fingerprint density at radius 3 is 2.86 bits per heavy atom. The molecule has 0 radical (unpaired) electrons. The van der Waals surface area contributed by atoms with E-state index in [1.165, 1.54) is 0 Å². The van der Waals surface area contributed by atoms with Crippen molar-refractivity contribution >= 4 is 5.91 Å². The molecular weight excluding hydrogens is 176 g/mol. The van der Waals surface area contributed by atoms with Crippen molar-refractivity contribution in [1.29, 1.82) is 0 Å². The van der Waals surface area contributed by atoms with Crippen molar-refractivity contribution in [2.45, 2.75) is 38.3 Å². The largest absolute Gasteiger partial charge is 0.342 e. The van der Waals surface area contributed by atoms with Gasteiger partial charge in [0.05, 0.1) is 6.54 Å². The van der Waals surface area contributed by atoms with Gasteiger partial charge in [-0.25, -0.2) is 0 Å². The van der Waals surface area contributed by atoms with Crippen LogP contribution < -0.4 is 5.32 Å². The maximum absolute atomic E-state index is 11.5. The Morgan fingerprint density at radius 2 is 2.36 bits per heavy atom. The summed E-state index contributed by atoms with van der Waals surface area (Å²) in [5.74, 6) is 2.73. The molecule has 1 N–H and O–H groups in total. The molecule has 1 amide bonds. The molecule has 1 aliphatic rings. The lowest BCUT2D eigenvalue weighted by atomic mass is 10.2. The molecule has 14 heavy (non-hydrogen) atoms. The maximum atomic E-state index is 11.5. The van der Waals surface area contributed by atoms with Gasteiger partial charge in [-0.1, -0.05) is 0 Å². The van der Waals surface area contributed by atoms with Crippen LogP contribution in [-0.4, -0.2) is 36.5 Å². The molecule has 0 aliphatic heterocycles. The standard InChI is InChI=1S/C11H18N2O/c1-4-5-9(2)12-8-11(14)13(3)10-6-7-10/h1,9-10,12H,5-8H2,2-3H3. The minimum atomic E-state index is 0.163. The predicted molar refractivity (Wildman–Crippen MR) is 56.7 cm³/mol. The van der Waals surface area contributed by atoms with Gasteiger partial charge in [0, 0.05) is 25.6 Å². The highest BCUT2D eigenvalue weighted by Gasteiger charge is 2.29. The molecule has 0 aromatic heterocycles. The van der Waals surface area contributed by atoms with Crippen LogP contribution in [0, 0.1) is 12.3 Å². The maximum Gasteiger partial charge on any atom is 0.236 e. The van der Waals surface area contributed by atoms with E-state index in [1.807, 2.05) is 18.9 Å². The first-order valence-corrected chi connectivity index (χ1v) is 5.07. The Morgan fingerprint density at radius 1 is 1.71 bits per heavy atom. The van der Waals surface area contributed by atoms with Crippen LogP contribution in [-0.2, 0) is 4.79 Å². The molecule has 0 saturated heterocycles. The van der Waals surface area contributed by atoms with Crippen LogP contribution in [0.1, 0.15) is 26.2 Å². The number of hydrogen-bond donors (Lipinski definition) is 1. The predicted octanol–water partition coefficient (Wildman–Crippen LogP) is 0.609. The smallest absolute Gasteiger partial charge is 0.236 e. The van der Waals surface area contributed by atoms with E-state index < -0.39 is 0 Å². The quantitative estimate of drug-likeness (QED) is 0.650. The minimum absolute atomic E-state index is 0.163. The van der Waals surface area contributed by atoms with Crippen molar-refractivity contribution in [1.82, 2.24) is 10.2 Å². The van der Waals surface area contributed by atoms with E-state index in [9.17, 15) is 4.79 Å². The molecule has 78 valence electrons. The van der Waals surface area contributed by atoms with E-state index in [0.717, 1.165) is 12.8 Å². The first-order valence-electron chi connectivity index (χ1n) is 5.07. The molecular formula is C11H18N2O. The SMILES string of the molecule is C#CCC(C)NCC(=O)N(C)C1CC1. The second kappa shape index (κ2) is 5.02. The van der Waals surface area contributed by atoms with E-state index in [-0.39, 0.29) is 11.9 Å². The number of carbonyl (C=O) groups is 1. The number of nitrogens with zero attached hydrogens (tertiary/aromatic N) is 1. The third-order valence-electron chi connectivity index (χ3n) is 2.51. The van der Waals surface area contributed by atoms with Gasteiger partial charge in [-0.2, -0.15) is 0 Å². The summed E-state index contributed by atoms with van der Waals surface area (Å²) >= 11 is 0. The lowest BCUT2D eigenvalue weighted by Gasteiger charge is -2.18. The molecule has 3 heteroatoms. The highest BCUT2D eigenvalue weighted by molar-refractivity contribution is 5.78. The molecule has 0 aromatic carbocycles. The number of likely N-dealkylation sites (N-methyl/N-ethyl adjacent to an activating group) is 1. The molecule has 1 unspecified atom stereocenters. The Bertz CT molecular complexity index is 240. The number of hydrogen-bond acceptors (Lipinski definition) is 2. The van der Waals surface area contributed by atoms with Crippen LogP contribution in [0.25, 0.3) is 0 Å². The summed E-state index contributed by atoms with van der Waals surface area (Å²) in [5.41, 5.74) is 0. The lowest BCUT2D eigenvalue weighted by Crippen LogP contribution is -2.39. The van der Waals surface area contributed by atoms with Crippen molar-refractivity contribution in [3.63, 3.8) is 0 Å². The molecule has 0 bridgehead atoms.